The Kier molecular flexibility index (Phi) is 36.4. The first-order valence-corrected chi connectivity index (χ1v) is 18.8. The van der Waals surface area contributed by atoms with Gasteiger partial charge in [-0.25, -0.2) is 9.82 Å². The summed E-state index contributed by atoms with van der Waals surface area (Å²) in [6, 6.07) is 0. The molecule has 0 amide bonds. The van der Waals surface area contributed by atoms with E-state index in [9.17, 15) is 13.9 Å². The molecular weight excluding hydrogens is 630 g/mol. The number of aliphatic hydroxyl groups is 2. The molecule has 0 aliphatic heterocycles. The molecule has 266 valence electrons. The maximum atomic E-state index is 11.6. The van der Waals surface area contributed by atoms with Gasteiger partial charge in [0.05, 0.1) is 13.2 Å². The summed E-state index contributed by atoms with van der Waals surface area (Å²) < 4.78 is 31.1. The smallest absolute Gasteiger partial charge is 0.396 e. The van der Waals surface area contributed by atoms with Crippen LogP contribution in [0.3, 0.4) is 0 Å². The Labute approximate surface area is 279 Å². The van der Waals surface area contributed by atoms with Gasteiger partial charge in [0.25, 0.3) is 8.15 Å². The number of carbonyl (C=O) groups is 1. The van der Waals surface area contributed by atoms with Gasteiger partial charge in [0.2, 0.25) is 0 Å². The molecule has 0 rings (SSSR count). The maximum Gasteiger partial charge on any atom is 0.449 e. The highest BCUT2D eigenvalue weighted by molar-refractivity contribution is 8.14. The van der Waals surface area contributed by atoms with Gasteiger partial charge in [0.15, 0.2) is 0 Å². The highest BCUT2D eigenvalue weighted by Crippen LogP contribution is 2.60. The van der Waals surface area contributed by atoms with Gasteiger partial charge in [-0.2, -0.15) is 0 Å². The SMILES string of the molecule is C/C(=C\COP(=O)(OOOO)P=O)CC/C=C(\C)CCCO.CC/C=C(\C)CC/C=C(\C)C=O.CC/C=C(\C)CC/C=C(\C)CO. The number of carbonyl (C=O) groups excluding carboxylic acids is 1. The molecule has 0 aliphatic carbocycles. The first-order valence-electron chi connectivity index (χ1n) is 15.8. The zero-order valence-corrected chi connectivity index (χ0v) is 31.1. The molecule has 0 bridgehead atoms. The normalized spacial score (nSPS) is 14.7. The number of hydrogen-bond donors (Lipinski definition) is 3. The lowest BCUT2D eigenvalue weighted by atomic mass is 10.1. The maximum absolute atomic E-state index is 11.6. The predicted molar refractivity (Wildman–Crippen MR) is 187 cm³/mol. The van der Waals surface area contributed by atoms with Crippen molar-refractivity contribution >= 4 is 21.7 Å². The number of rotatable bonds is 23. The average molecular weight is 691 g/mol. The number of aliphatic hydroxyl groups excluding tert-OH is 2. The largest absolute Gasteiger partial charge is 0.449 e. The van der Waals surface area contributed by atoms with Gasteiger partial charge < -0.3 is 10.2 Å². The Hall–Kier alpha value is -1.84. The fourth-order valence-electron chi connectivity index (χ4n) is 3.58. The van der Waals surface area contributed by atoms with Crippen LogP contribution < -0.4 is 0 Å². The molecule has 3 N–H and O–H groups in total. The van der Waals surface area contributed by atoms with E-state index in [0.717, 1.165) is 87.2 Å². The van der Waals surface area contributed by atoms with Gasteiger partial charge in [-0.05, 0) is 121 Å². The van der Waals surface area contributed by atoms with E-state index in [-0.39, 0.29) is 19.8 Å². The van der Waals surface area contributed by atoms with Crippen LogP contribution in [0.4, 0.5) is 0 Å². The molecule has 0 aromatic carbocycles. The zero-order valence-electron chi connectivity index (χ0n) is 29.3. The van der Waals surface area contributed by atoms with Crippen LogP contribution in [0.5, 0.6) is 0 Å². The summed E-state index contributed by atoms with van der Waals surface area (Å²) >= 11 is 0. The van der Waals surface area contributed by atoms with Gasteiger partial charge >= 0.3 is 7.28 Å². The molecule has 0 heterocycles. The van der Waals surface area contributed by atoms with Crippen molar-refractivity contribution in [1.29, 1.82) is 0 Å². The molecule has 0 spiro atoms. The van der Waals surface area contributed by atoms with Crippen molar-refractivity contribution in [3.63, 3.8) is 0 Å². The topological polar surface area (TPSA) is 149 Å². The van der Waals surface area contributed by atoms with Crippen molar-refractivity contribution in [2.75, 3.05) is 19.8 Å². The molecular formula is C34H60O10P2. The lowest BCUT2D eigenvalue weighted by molar-refractivity contribution is -0.595. The van der Waals surface area contributed by atoms with Crippen LogP contribution >= 0.6 is 15.4 Å². The molecule has 0 saturated heterocycles. The number of hydrogen-bond acceptors (Lipinski definition) is 10. The summed E-state index contributed by atoms with van der Waals surface area (Å²) in [5, 5.41) is 32.0. The highest BCUT2D eigenvalue weighted by Gasteiger charge is 2.27. The molecule has 1 atom stereocenters. The average Bonchev–Trinajstić information content (AvgIpc) is 3.03. The van der Waals surface area contributed by atoms with E-state index in [1.54, 1.807) is 6.08 Å². The molecule has 10 nitrogen and oxygen atoms in total. The van der Waals surface area contributed by atoms with Crippen molar-refractivity contribution in [2.45, 2.75) is 120 Å². The third-order valence-electron chi connectivity index (χ3n) is 6.26. The fourth-order valence-corrected chi connectivity index (χ4v) is 4.57. The van der Waals surface area contributed by atoms with E-state index in [4.69, 9.17) is 20.0 Å². The predicted octanol–water partition coefficient (Wildman–Crippen LogP) is 10.5. The first kappa shape index (κ1) is 48.6. The Bertz CT molecular complexity index is 1030. The monoisotopic (exact) mass is 690 g/mol. The lowest BCUT2D eigenvalue weighted by Gasteiger charge is -2.07. The number of aldehydes is 1. The lowest BCUT2D eigenvalue weighted by Crippen LogP contribution is -1.94. The van der Waals surface area contributed by atoms with E-state index in [2.05, 4.69) is 66.8 Å². The minimum Gasteiger partial charge on any atom is -0.396 e. The minimum absolute atomic E-state index is 0.0830. The van der Waals surface area contributed by atoms with E-state index >= 15 is 0 Å². The second-order valence-electron chi connectivity index (χ2n) is 10.8. The summed E-state index contributed by atoms with van der Waals surface area (Å²) in [5.74, 6) is 0. The van der Waals surface area contributed by atoms with Crippen molar-refractivity contribution in [2.24, 2.45) is 0 Å². The second kappa shape index (κ2) is 34.5. The van der Waals surface area contributed by atoms with E-state index in [0.29, 0.717) is 0 Å². The van der Waals surface area contributed by atoms with Crippen molar-refractivity contribution in [3.05, 3.63) is 69.9 Å². The van der Waals surface area contributed by atoms with Crippen molar-refractivity contribution < 1.29 is 48.7 Å². The molecule has 0 fully saturated rings. The van der Waals surface area contributed by atoms with Gasteiger partial charge in [-0.3, -0.25) is 13.9 Å². The van der Waals surface area contributed by atoms with Gasteiger partial charge in [-0.15, -0.1) is 4.67 Å². The second-order valence-corrected chi connectivity index (χ2v) is 14.3. The van der Waals surface area contributed by atoms with Gasteiger partial charge in [0.1, 0.15) is 6.29 Å². The Morgan fingerprint density at radius 1 is 0.717 bits per heavy atom. The molecule has 12 heteroatoms. The van der Waals surface area contributed by atoms with Crippen LogP contribution in [0, 0.1) is 0 Å². The Balaban J connectivity index is -0.000000654. The summed E-state index contributed by atoms with van der Waals surface area (Å²) in [6.45, 7) is 16.6. The van der Waals surface area contributed by atoms with Crippen molar-refractivity contribution in [3.8, 4) is 0 Å². The molecule has 46 heavy (non-hydrogen) atoms. The molecule has 0 aliphatic rings. The third-order valence-corrected chi connectivity index (χ3v) is 8.33. The van der Waals surface area contributed by atoms with Crippen LogP contribution in [0.25, 0.3) is 0 Å². The van der Waals surface area contributed by atoms with E-state index in [1.165, 1.54) is 16.7 Å². The highest BCUT2D eigenvalue weighted by atomic mass is 32.1. The van der Waals surface area contributed by atoms with Crippen LogP contribution in [-0.2, 0) is 33.2 Å². The van der Waals surface area contributed by atoms with Gasteiger partial charge in [-0.1, -0.05) is 78.2 Å². The summed E-state index contributed by atoms with van der Waals surface area (Å²) in [7, 11) is -4.91. The molecule has 1 unspecified atom stereocenters. The third kappa shape index (κ3) is 35.0. The zero-order chi connectivity index (χ0) is 35.6. The molecule has 0 saturated carbocycles. The summed E-state index contributed by atoms with van der Waals surface area (Å²) in [4.78, 5) is 10.2. The van der Waals surface area contributed by atoms with Crippen LogP contribution in [0.2, 0.25) is 0 Å². The minimum atomic E-state index is -4.00. The molecule has 0 radical (unpaired) electrons. The van der Waals surface area contributed by atoms with Crippen LogP contribution in [0.15, 0.2) is 69.9 Å². The summed E-state index contributed by atoms with van der Waals surface area (Å²) in [6.07, 6.45) is 22.9. The Morgan fingerprint density at radius 2 is 1.20 bits per heavy atom. The fraction of sp³-hybridized carbons (Fsp3) is 0.618. The quantitative estimate of drug-likeness (QED) is 0.0236. The van der Waals surface area contributed by atoms with E-state index in [1.807, 2.05) is 33.8 Å². The van der Waals surface area contributed by atoms with Gasteiger partial charge in [0, 0.05) is 6.61 Å². The Morgan fingerprint density at radius 3 is 1.63 bits per heavy atom. The van der Waals surface area contributed by atoms with E-state index < -0.39 is 15.4 Å². The first-order chi connectivity index (χ1) is 21.9. The molecule has 0 aromatic heterocycles. The molecule has 0 aromatic rings. The standard InChI is InChI=1S/C12H22O8P2.C11H20O.C11H18O/c1-11(7-4-9-13)5-3-6-12(2)8-10-17-22(16,21-15)20-19-18-14;2*1-4-6-10(2)7-5-8-11(3)9-12/h5,8,13-14H,3-4,6-7,9-10H2,1-2H3;6,8,12H,4-5,7,9H2,1-3H3;6,8-9H,4-5,7H2,1-3H3/b11-5+,12-8+;2*10-6+,11-8+. The van der Waals surface area contributed by atoms with Crippen LogP contribution in [-0.4, -0.2) is 41.6 Å². The van der Waals surface area contributed by atoms with Crippen LogP contribution in [0.1, 0.15) is 120 Å². The summed E-state index contributed by atoms with van der Waals surface area (Å²) in [5.41, 5.74) is 6.98. The van der Waals surface area contributed by atoms with Crippen molar-refractivity contribution in [1.82, 2.24) is 0 Å². The number of allylic oxidation sites excluding steroid dienone is 10.